The smallest absolute Gasteiger partial charge is 0.261 e. The third kappa shape index (κ3) is 3.14. The second-order valence-corrected chi connectivity index (χ2v) is 4.81. The van der Waals surface area contributed by atoms with Gasteiger partial charge in [0.05, 0.1) is 0 Å². The maximum atomic E-state index is 12.4. The number of amides is 1. The minimum atomic E-state index is -0.447. The predicted octanol–water partition coefficient (Wildman–Crippen LogP) is 1.83. The number of carbonyl (C=O) groups excluding carboxylic acids is 1. The van der Waals surface area contributed by atoms with Crippen LogP contribution in [0.4, 0.5) is 0 Å². The van der Waals surface area contributed by atoms with Crippen molar-refractivity contribution in [2.75, 3.05) is 7.05 Å². The number of hydrogen-bond donors (Lipinski definition) is 3. The van der Waals surface area contributed by atoms with Crippen molar-refractivity contribution in [3.63, 3.8) is 0 Å². The number of aromatic hydroxyl groups is 2. The Labute approximate surface area is 123 Å². The van der Waals surface area contributed by atoms with Gasteiger partial charge in [-0.25, -0.2) is 0 Å². The molecule has 0 aromatic heterocycles. The molecule has 2 aromatic rings. The minimum Gasteiger partial charge on any atom is -0.507 e. The van der Waals surface area contributed by atoms with Crippen molar-refractivity contribution in [3.05, 3.63) is 59.2 Å². The van der Waals surface area contributed by atoms with Gasteiger partial charge in [0.15, 0.2) is 0 Å². The molecule has 0 spiro atoms. The number of nitrogens with zero attached hydrogens (tertiary/aromatic N) is 1. The first-order valence-electron chi connectivity index (χ1n) is 6.58. The summed E-state index contributed by atoms with van der Waals surface area (Å²) in [6, 6.07) is 11.8. The molecular weight excluding hydrogens is 268 g/mol. The van der Waals surface area contributed by atoms with Gasteiger partial charge in [-0.2, -0.15) is 0 Å². The highest BCUT2D eigenvalue weighted by atomic mass is 16.3. The molecule has 0 aliphatic rings. The summed E-state index contributed by atoms with van der Waals surface area (Å²) >= 11 is 0. The lowest BCUT2D eigenvalue weighted by atomic mass is 10.1. The number of nitrogens with two attached hydrogens (primary N) is 1. The Balaban J connectivity index is 2.24. The summed E-state index contributed by atoms with van der Waals surface area (Å²) in [5, 5.41) is 19.5. The second-order valence-electron chi connectivity index (χ2n) is 4.81. The summed E-state index contributed by atoms with van der Waals surface area (Å²) in [6.45, 7) is 0.736. The summed E-state index contributed by atoms with van der Waals surface area (Å²) in [4.78, 5) is 13.8. The van der Waals surface area contributed by atoms with E-state index in [-0.39, 0.29) is 17.1 Å². The number of rotatable bonds is 4. The van der Waals surface area contributed by atoms with Crippen LogP contribution < -0.4 is 5.73 Å². The normalized spacial score (nSPS) is 10.4. The van der Waals surface area contributed by atoms with Crippen LogP contribution in [0.5, 0.6) is 11.5 Å². The van der Waals surface area contributed by atoms with Crippen molar-refractivity contribution in [3.8, 4) is 11.5 Å². The lowest BCUT2D eigenvalue weighted by Crippen LogP contribution is -2.27. The molecular formula is C16H18N2O3. The fourth-order valence-corrected chi connectivity index (χ4v) is 2.18. The number of phenolic OH excluding ortho intramolecular Hbond substituents is 2. The van der Waals surface area contributed by atoms with Crippen LogP contribution in [-0.4, -0.2) is 28.1 Å². The molecule has 5 heteroatoms. The van der Waals surface area contributed by atoms with E-state index in [0.717, 1.165) is 11.1 Å². The van der Waals surface area contributed by atoms with Crippen molar-refractivity contribution < 1.29 is 15.0 Å². The maximum Gasteiger partial charge on any atom is 0.261 e. The fourth-order valence-electron chi connectivity index (χ4n) is 2.18. The molecule has 0 radical (unpaired) electrons. The number of benzene rings is 2. The zero-order chi connectivity index (χ0) is 15.4. The van der Waals surface area contributed by atoms with Crippen molar-refractivity contribution in [1.29, 1.82) is 0 Å². The van der Waals surface area contributed by atoms with Crippen LogP contribution in [0.3, 0.4) is 0 Å². The highest BCUT2D eigenvalue weighted by Crippen LogP contribution is 2.27. The second kappa shape index (κ2) is 6.28. The molecule has 110 valence electrons. The van der Waals surface area contributed by atoms with E-state index >= 15 is 0 Å². The summed E-state index contributed by atoms with van der Waals surface area (Å²) in [7, 11) is 1.61. The summed E-state index contributed by atoms with van der Waals surface area (Å²) in [5.74, 6) is -0.921. The molecule has 0 bridgehead atoms. The molecule has 4 N–H and O–H groups in total. The lowest BCUT2D eigenvalue weighted by Gasteiger charge is -2.20. The monoisotopic (exact) mass is 286 g/mol. The van der Waals surface area contributed by atoms with Crippen molar-refractivity contribution in [2.24, 2.45) is 5.73 Å². The third-order valence-corrected chi connectivity index (χ3v) is 3.33. The summed E-state index contributed by atoms with van der Waals surface area (Å²) in [6.07, 6.45) is 0. The van der Waals surface area contributed by atoms with E-state index in [2.05, 4.69) is 0 Å². The number of hydrogen-bond acceptors (Lipinski definition) is 4. The Hall–Kier alpha value is -2.53. The van der Waals surface area contributed by atoms with Gasteiger partial charge in [0.1, 0.15) is 17.1 Å². The molecule has 21 heavy (non-hydrogen) atoms. The van der Waals surface area contributed by atoms with Crippen molar-refractivity contribution in [1.82, 2.24) is 4.90 Å². The van der Waals surface area contributed by atoms with Crippen LogP contribution >= 0.6 is 0 Å². The first-order valence-corrected chi connectivity index (χ1v) is 6.58. The van der Waals surface area contributed by atoms with Gasteiger partial charge in [0, 0.05) is 20.1 Å². The van der Waals surface area contributed by atoms with E-state index in [4.69, 9.17) is 5.73 Å². The molecule has 2 aromatic carbocycles. The van der Waals surface area contributed by atoms with Gasteiger partial charge >= 0.3 is 0 Å². The van der Waals surface area contributed by atoms with Gasteiger partial charge < -0.3 is 20.8 Å². The van der Waals surface area contributed by atoms with Gasteiger partial charge in [-0.3, -0.25) is 4.79 Å². The number of carbonyl (C=O) groups is 1. The zero-order valence-electron chi connectivity index (χ0n) is 11.8. The lowest BCUT2D eigenvalue weighted by molar-refractivity contribution is 0.0778. The maximum absolute atomic E-state index is 12.4. The van der Waals surface area contributed by atoms with E-state index in [1.807, 2.05) is 24.3 Å². The summed E-state index contributed by atoms with van der Waals surface area (Å²) < 4.78 is 0. The Kier molecular flexibility index (Phi) is 4.45. The molecule has 2 rings (SSSR count). The Bertz CT molecular complexity index is 635. The van der Waals surface area contributed by atoms with Gasteiger partial charge in [0.2, 0.25) is 0 Å². The van der Waals surface area contributed by atoms with Crippen LogP contribution in [0.1, 0.15) is 21.5 Å². The Morgan fingerprint density at radius 1 is 1.05 bits per heavy atom. The van der Waals surface area contributed by atoms with Crippen LogP contribution in [0, 0.1) is 0 Å². The highest BCUT2D eigenvalue weighted by Gasteiger charge is 2.20. The first kappa shape index (κ1) is 14.9. The van der Waals surface area contributed by atoms with Gasteiger partial charge in [-0.15, -0.1) is 0 Å². The number of phenols is 2. The van der Waals surface area contributed by atoms with Gasteiger partial charge in [-0.05, 0) is 23.3 Å². The Morgan fingerprint density at radius 2 is 1.62 bits per heavy atom. The molecule has 0 unspecified atom stereocenters. The first-order chi connectivity index (χ1) is 10.0. The van der Waals surface area contributed by atoms with Gasteiger partial charge in [-0.1, -0.05) is 30.3 Å². The van der Waals surface area contributed by atoms with Crippen LogP contribution in [0.25, 0.3) is 0 Å². The van der Waals surface area contributed by atoms with E-state index in [9.17, 15) is 15.0 Å². The quantitative estimate of drug-likeness (QED) is 0.800. The van der Waals surface area contributed by atoms with Crippen LogP contribution in [-0.2, 0) is 13.1 Å². The molecule has 5 nitrogen and oxygen atoms in total. The van der Waals surface area contributed by atoms with E-state index in [1.54, 1.807) is 7.05 Å². The van der Waals surface area contributed by atoms with E-state index < -0.39 is 5.91 Å². The predicted molar refractivity (Wildman–Crippen MR) is 79.9 cm³/mol. The molecule has 0 heterocycles. The molecule has 0 saturated heterocycles. The fraction of sp³-hybridized carbons (Fsp3) is 0.188. The SMILES string of the molecule is CN(Cc1ccccc1CN)C(=O)c1c(O)cccc1O. The standard InChI is InChI=1S/C16H18N2O3/c1-18(10-12-6-3-2-5-11(12)9-17)16(21)15-13(19)7-4-8-14(15)20/h2-8,19-20H,9-10,17H2,1H3. The molecule has 0 fully saturated rings. The van der Waals surface area contributed by atoms with Gasteiger partial charge in [0.25, 0.3) is 5.91 Å². The topological polar surface area (TPSA) is 86.8 Å². The van der Waals surface area contributed by atoms with Crippen molar-refractivity contribution in [2.45, 2.75) is 13.1 Å². The average molecular weight is 286 g/mol. The zero-order valence-corrected chi connectivity index (χ0v) is 11.8. The largest absolute Gasteiger partial charge is 0.507 e. The third-order valence-electron chi connectivity index (χ3n) is 3.33. The summed E-state index contributed by atoms with van der Waals surface area (Å²) in [5.41, 5.74) is 7.48. The molecule has 0 aliphatic carbocycles. The molecule has 0 aliphatic heterocycles. The minimum absolute atomic E-state index is 0.0924. The highest BCUT2D eigenvalue weighted by molar-refractivity contribution is 5.99. The van der Waals surface area contributed by atoms with Crippen molar-refractivity contribution >= 4 is 5.91 Å². The molecule has 0 atom stereocenters. The molecule has 0 saturated carbocycles. The Morgan fingerprint density at radius 3 is 2.19 bits per heavy atom. The van der Waals surface area contributed by atoms with E-state index in [1.165, 1.54) is 23.1 Å². The van der Waals surface area contributed by atoms with E-state index in [0.29, 0.717) is 13.1 Å². The van der Waals surface area contributed by atoms with Crippen LogP contribution in [0.2, 0.25) is 0 Å². The van der Waals surface area contributed by atoms with Crippen LogP contribution in [0.15, 0.2) is 42.5 Å². The average Bonchev–Trinajstić information content (AvgIpc) is 2.47. The molecule has 1 amide bonds.